The maximum absolute atomic E-state index is 12.0. The molecule has 0 radical (unpaired) electrons. The summed E-state index contributed by atoms with van der Waals surface area (Å²) in [7, 11) is 0. The van der Waals surface area contributed by atoms with E-state index in [1.165, 1.54) is 10.8 Å². The molecular weight excluding hydrogens is 290 g/mol. The predicted molar refractivity (Wildman–Crippen MR) is 78.2 cm³/mol. The molecule has 1 atom stereocenters. The summed E-state index contributed by atoms with van der Waals surface area (Å²) < 4.78 is 0. The van der Waals surface area contributed by atoms with Crippen LogP contribution in [0.4, 0.5) is 5.69 Å². The van der Waals surface area contributed by atoms with Crippen molar-refractivity contribution >= 4 is 38.3 Å². The monoisotopic (exact) mass is 303 g/mol. The van der Waals surface area contributed by atoms with Crippen LogP contribution in [0.3, 0.4) is 0 Å². The summed E-state index contributed by atoms with van der Waals surface area (Å²) in [6.45, 7) is 0.822. The van der Waals surface area contributed by atoms with Crippen molar-refractivity contribution in [3.05, 3.63) is 42.5 Å². The van der Waals surface area contributed by atoms with E-state index in [4.69, 9.17) is 0 Å². The van der Waals surface area contributed by atoms with Gasteiger partial charge in [0.2, 0.25) is 5.91 Å². The standard InChI is InChI=1S/C15H14BrNO/c16-9-11-7-15(18)17(10-11)14-6-5-12-3-1-2-4-13(12)8-14/h1-6,8,11H,7,9-10H2. The van der Waals surface area contributed by atoms with Crippen LogP contribution >= 0.6 is 15.9 Å². The minimum absolute atomic E-state index is 0.231. The number of rotatable bonds is 2. The van der Waals surface area contributed by atoms with E-state index < -0.39 is 0 Å². The quantitative estimate of drug-likeness (QED) is 0.777. The molecule has 1 heterocycles. The van der Waals surface area contributed by atoms with Gasteiger partial charge >= 0.3 is 0 Å². The average Bonchev–Trinajstić information content (AvgIpc) is 2.79. The van der Waals surface area contributed by atoms with Gasteiger partial charge < -0.3 is 4.90 Å². The fourth-order valence-electron chi connectivity index (χ4n) is 2.48. The number of carbonyl (C=O) groups excluding carboxylic acids is 1. The average molecular weight is 304 g/mol. The molecule has 0 saturated carbocycles. The van der Waals surface area contributed by atoms with Gasteiger partial charge in [0.1, 0.15) is 0 Å². The van der Waals surface area contributed by atoms with Crippen molar-refractivity contribution in [2.45, 2.75) is 6.42 Å². The Morgan fingerprint density at radius 1 is 1.17 bits per heavy atom. The highest BCUT2D eigenvalue weighted by Gasteiger charge is 2.29. The van der Waals surface area contributed by atoms with Gasteiger partial charge in [-0.25, -0.2) is 0 Å². The molecule has 3 rings (SSSR count). The lowest BCUT2D eigenvalue weighted by atomic mass is 10.1. The number of nitrogens with zero attached hydrogens (tertiary/aromatic N) is 1. The molecule has 1 unspecified atom stereocenters. The molecule has 18 heavy (non-hydrogen) atoms. The highest BCUT2D eigenvalue weighted by atomic mass is 79.9. The third kappa shape index (κ3) is 2.03. The number of benzene rings is 2. The minimum atomic E-state index is 0.231. The van der Waals surface area contributed by atoms with Crippen LogP contribution < -0.4 is 4.90 Å². The Labute approximate surface area is 115 Å². The number of fused-ring (bicyclic) bond motifs is 1. The molecule has 92 valence electrons. The second kappa shape index (κ2) is 4.73. The molecule has 1 aliphatic heterocycles. The van der Waals surface area contributed by atoms with Gasteiger partial charge in [-0.2, -0.15) is 0 Å². The number of hydrogen-bond acceptors (Lipinski definition) is 1. The molecule has 1 saturated heterocycles. The Bertz CT molecular complexity index is 596. The zero-order valence-corrected chi connectivity index (χ0v) is 11.6. The Morgan fingerprint density at radius 3 is 2.67 bits per heavy atom. The third-order valence-corrected chi connectivity index (χ3v) is 4.38. The number of carbonyl (C=O) groups is 1. The van der Waals surface area contributed by atoms with Crippen LogP contribution in [0.5, 0.6) is 0 Å². The molecule has 2 aromatic carbocycles. The van der Waals surface area contributed by atoms with Crippen molar-refractivity contribution in [3.8, 4) is 0 Å². The van der Waals surface area contributed by atoms with Crippen LogP contribution in [0.1, 0.15) is 6.42 Å². The first-order valence-corrected chi connectivity index (χ1v) is 7.25. The zero-order valence-electron chi connectivity index (χ0n) is 9.97. The number of halogens is 1. The molecule has 0 aromatic heterocycles. The maximum atomic E-state index is 12.0. The van der Waals surface area contributed by atoms with E-state index in [2.05, 4.69) is 40.2 Å². The highest BCUT2D eigenvalue weighted by molar-refractivity contribution is 9.09. The van der Waals surface area contributed by atoms with Gasteiger partial charge in [0.05, 0.1) is 0 Å². The van der Waals surface area contributed by atoms with Crippen LogP contribution in [-0.4, -0.2) is 17.8 Å². The van der Waals surface area contributed by atoms with Crippen molar-refractivity contribution in [2.75, 3.05) is 16.8 Å². The van der Waals surface area contributed by atoms with Crippen LogP contribution in [0.15, 0.2) is 42.5 Å². The van der Waals surface area contributed by atoms with Crippen LogP contribution in [0.25, 0.3) is 10.8 Å². The van der Waals surface area contributed by atoms with E-state index in [0.717, 1.165) is 17.6 Å². The summed E-state index contributed by atoms with van der Waals surface area (Å²) in [5, 5.41) is 3.29. The van der Waals surface area contributed by atoms with Crippen molar-refractivity contribution in [3.63, 3.8) is 0 Å². The molecule has 0 bridgehead atoms. The first-order valence-electron chi connectivity index (χ1n) is 6.13. The minimum Gasteiger partial charge on any atom is -0.312 e. The fourth-order valence-corrected chi connectivity index (χ4v) is 2.91. The van der Waals surface area contributed by atoms with E-state index in [1.807, 2.05) is 23.1 Å². The van der Waals surface area contributed by atoms with Crippen LogP contribution in [0, 0.1) is 5.92 Å². The summed E-state index contributed by atoms with van der Waals surface area (Å²) >= 11 is 3.46. The van der Waals surface area contributed by atoms with E-state index >= 15 is 0 Å². The van der Waals surface area contributed by atoms with Crippen LogP contribution in [0.2, 0.25) is 0 Å². The van der Waals surface area contributed by atoms with E-state index in [9.17, 15) is 4.79 Å². The Hall–Kier alpha value is -1.35. The van der Waals surface area contributed by atoms with Gasteiger partial charge in [0.15, 0.2) is 0 Å². The van der Waals surface area contributed by atoms with Gasteiger partial charge in [-0.1, -0.05) is 46.3 Å². The summed E-state index contributed by atoms with van der Waals surface area (Å²) in [6, 6.07) is 14.5. The topological polar surface area (TPSA) is 20.3 Å². The first kappa shape index (κ1) is 11.7. The Balaban J connectivity index is 1.97. The second-order valence-corrected chi connectivity index (χ2v) is 5.41. The molecule has 0 spiro atoms. The molecule has 3 heteroatoms. The molecule has 1 fully saturated rings. The predicted octanol–water partition coefficient (Wildman–Crippen LogP) is 3.59. The third-order valence-electron chi connectivity index (χ3n) is 3.47. The van der Waals surface area contributed by atoms with Crippen LogP contribution in [-0.2, 0) is 4.79 Å². The van der Waals surface area contributed by atoms with E-state index in [0.29, 0.717) is 12.3 Å². The second-order valence-electron chi connectivity index (χ2n) is 4.76. The molecule has 2 aromatic rings. The normalized spacial score (nSPS) is 19.7. The molecule has 0 aliphatic carbocycles. The lowest BCUT2D eigenvalue weighted by Gasteiger charge is -2.17. The lowest BCUT2D eigenvalue weighted by Crippen LogP contribution is -2.24. The Kier molecular flexibility index (Phi) is 3.08. The summed E-state index contributed by atoms with van der Waals surface area (Å²) in [5.74, 6) is 0.665. The van der Waals surface area contributed by atoms with E-state index in [-0.39, 0.29) is 5.91 Å². The SMILES string of the molecule is O=C1CC(CBr)CN1c1ccc2ccccc2c1. The fraction of sp³-hybridized carbons (Fsp3) is 0.267. The van der Waals surface area contributed by atoms with Crippen molar-refractivity contribution in [1.82, 2.24) is 0 Å². The van der Waals surface area contributed by atoms with Crippen molar-refractivity contribution in [2.24, 2.45) is 5.92 Å². The van der Waals surface area contributed by atoms with Gasteiger partial charge in [-0.3, -0.25) is 4.79 Å². The maximum Gasteiger partial charge on any atom is 0.227 e. The Morgan fingerprint density at radius 2 is 1.94 bits per heavy atom. The molecule has 0 N–H and O–H groups in total. The smallest absolute Gasteiger partial charge is 0.227 e. The summed E-state index contributed by atoms with van der Waals surface area (Å²) in [5.41, 5.74) is 1.02. The lowest BCUT2D eigenvalue weighted by molar-refractivity contribution is -0.117. The first-order chi connectivity index (χ1) is 8.78. The zero-order chi connectivity index (χ0) is 12.5. The van der Waals surface area contributed by atoms with E-state index in [1.54, 1.807) is 0 Å². The molecule has 2 nitrogen and oxygen atoms in total. The van der Waals surface area contributed by atoms with Crippen molar-refractivity contribution in [1.29, 1.82) is 0 Å². The van der Waals surface area contributed by atoms with Gasteiger partial charge in [-0.15, -0.1) is 0 Å². The number of alkyl halides is 1. The molecular formula is C15H14BrNO. The van der Waals surface area contributed by atoms with Gasteiger partial charge in [0, 0.05) is 24.0 Å². The van der Waals surface area contributed by atoms with Gasteiger partial charge in [-0.05, 0) is 28.8 Å². The largest absolute Gasteiger partial charge is 0.312 e. The number of anilines is 1. The van der Waals surface area contributed by atoms with Gasteiger partial charge in [0.25, 0.3) is 0 Å². The number of hydrogen-bond donors (Lipinski definition) is 0. The molecule has 1 amide bonds. The number of amides is 1. The summed E-state index contributed by atoms with van der Waals surface area (Å²) in [4.78, 5) is 13.9. The van der Waals surface area contributed by atoms with Crippen molar-refractivity contribution < 1.29 is 4.79 Å². The highest BCUT2D eigenvalue weighted by Crippen LogP contribution is 2.28. The summed E-state index contributed by atoms with van der Waals surface area (Å²) in [6.07, 6.45) is 0.651. The molecule has 1 aliphatic rings.